The number of benzene rings is 2. The zero-order valence-electron chi connectivity index (χ0n) is 12.4. The first-order valence-electron chi connectivity index (χ1n) is 7.06. The van der Waals surface area contributed by atoms with Gasteiger partial charge in [0.1, 0.15) is 11.6 Å². The quantitative estimate of drug-likeness (QED) is 0.791. The third-order valence-electron chi connectivity index (χ3n) is 3.35. The van der Waals surface area contributed by atoms with E-state index in [1.54, 1.807) is 12.1 Å². The van der Waals surface area contributed by atoms with Gasteiger partial charge in [0.25, 0.3) is 0 Å². The molecule has 0 bridgehead atoms. The second kappa shape index (κ2) is 7.38. The molecule has 0 unspecified atom stereocenters. The molecule has 2 aromatic carbocycles. The lowest BCUT2D eigenvalue weighted by Crippen LogP contribution is -2.24. The van der Waals surface area contributed by atoms with Crippen molar-refractivity contribution >= 4 is 21.6 Å². The van der Waals surface area contributed by atoms with E-state index in [4.69, 9.17) is 11.6 Å². The first-order valence-corrected chi connectivity index (χ1v) is 8.92. The van der Waals surface area contributed by atoms with Gasteiger partial charge in [-0.1, -0.05) is 37.1 Å². The molecule has 2 aromatic rings. The maximum atomic E-state index is 13.8. The zero-order valence-corrected chi connectivity index (χ0v) is 14.0. The molecule has 1 N–H and O–H groups in total. The Hall–Kier alpha value is -1.50. The molecular formula is C16H16ClF2NO2S. The van der Waals surface area contributed by atoms with Crippen molar-refractivity contribution in [3.8, 4) is 0 Å². The highest BCUT2D eigenvalue weighted by Gasteiger charge is 2.18. The average Bonchev–Trinajstić information content (AvgIpc) is 2.52. The Kier molecular flexibility index (Phi) is 5.73. The standard InChI is InChI=1S/C16H16ClF2NO2S/c1-2-3-11-4-6-12(7-5-11)23(21,22)20-10-13-15(18)9-8-14(17)16(13)19/h4-9,20H,2-3,10H2,1H3. The van der Waals surface area contributed by atoms with E-state index >= 15 is 0 Å². The van der Waals surface area contributed by atoms with Crippen LogP contribution in [0, 0.1) is 11.6 Å². The minimum Gasteiger partial charge on any atom is -0.207 e. The van der Waals surface area contributed by atoms with Crippen LogP contribution in [0.5, 0.6) is 0 Å². The molecule has 0 spiro atoms. The molecule has 0 aromatic heterocycles. The monoisotopic (exact) mass is 359 g/mol. The number of rotatable bonds is 6. The SMILES string of the molecule is CCCc1ccc(S(=O)(=O)NCc2c(F)ccc(Cl)c2F)cc1. The molecule has 0 saturated carbocycles. The van der Waals surface area contributed by atoms with Crippen LogP contribution in [0.2, 0.25) is 5.02 Å². The van der Waals surface area contributed by atoms with E-state index in [1.165, 1.54) is 12.1 Å². The molecule has 0 amide bonds. The van der Waals surface area contributed by atoms with Gasteiger partial charge >= 0.3 is 0 Å². The Labute approximate surface area is 139 Å². The number of sulfonamides is 1. The van der Waals surface area contributed by atoms with Crippen molar-refractivity contribution in [1.82, 2.24) is 4.72 Å². The first kappa shape index (κ1) is 17.8. The summed E-state index contributed by atoms with van der Waals surface area (Å²) in [7, 11) is -3.86. The lowest BCUT2D eigenvalue weighted by Gasteiger charge is -2.10. The van der Waals surface area contributed by atoms with Gasteiger partial charge in [0.05, 0.1) is 9.92 Å². The minimum atomic E-state index is -3.86. The fourth-order valence-corrected chi connectivity index (χ4v) is 3.28. The molecule has 0 radical (unpaired) electrons. The van der Waals surface area contributed by atoms with Gasteiger partial charge in [0, 0.05) is 12.1 Å². The summed E-state index contributed by atoms with van der Waals surface area (Å²) in [4.78, 5) is 0.0418. The van der Waals surface area contributed by atoms with Crippen LogP contribution in [0.4, 0.5) is 8.78 Å². The van der Waals surface area contributed by atoms with Crippen LogP contribution in [0.25, 0.3) is 0 Å². The number of nitrogens with one attached hydrogen (secondary N) is 1. The van der Waals surface area contributed by atoms with Crippen molar-refractivity contribution in [3.63, 3.8) is 0 Å². The lowest BCUT2D eigenvalue weighted by atomic mass is 10.1. The third kappa shape index (κ3) is 4.28. The van der Waals surface area contributed by atoms with Crippen molar-refractivity contribution < 1.29 is 17.2 Å². The highest BCUT2D eigenvalue weighted by molar-refractivity contribution is 7.89. The summed E-state index contributed by atoms with van der Waals surface area (Å²) in [5.41, 5.74) is 0.613. The highest BCUT2D eigenvalue weighted by Crippen LogP contribution is 2.21. The maximum absolute atomic E-state index is 13.8. The largest absolute Gasteiger partial charge is 0.240 e. The number of hydrogen-bond donors (Lipinski definition) is 1. The van der Waals surface area contributed by atoms with Crippen LogP contribution in [-0.4, -0.2) is 8.42 Å². The smallest absolute Gasteiger partial charge is 0.207 e. The van der Waals surface area contributed by atoms with Crippen LogP contribution >= 0.6 is 11.6 Å². The van der Waals surface area contributed by atoms with E-state index in [0.29, 0.717) is 0 Å². The molecule has 0 heterocycles. The van der Waals surface area contributed by atoms with Crippen molar-refractivity contribution in [1.29, 1.82) is 0 Å². The van der Waals surface area contributed by atoms with Gasteiger partial charge in [-0.05, 0) is 36.2 Å². The Morgan fingerprint density at radius 3 is 2.35 bits per heavy atom. The molecule has 0 fully saturated rings. The highest BCUT2D eigenvalue weighted by atomic mass is 35.5. The first-order chi connectivity index (χ1) is 10.8. The molecule has 7 heteroatoms. The maximum Gasteiger partial charge on any atom is 0.240 e. The summed E-state index contributed by atoms with van der Waals surface area (Å²) in [6.45, 7) is 1.51. The van der Waals surface area contributed by atoms with Crippen molar-refractivity contribution in [3.05, 3.63) is 64.2 Å². The Morgan fingerprint density at radius 1 is 1.09 bits per heavy atom. The van der Waals surface area contributed by atoms with Gasteiger partial charge in [-0.2, -0.15) is 0 Å². The van der Waals surface area contributed by atoms with E-state index < -0.39 is 33.8 Å². The van der Waals surface area contributed by atoms with E-state index in [-0.39, 0.29) is 9.92 Å². The predicted molar refractivity (Wildman–Crippen MR) is 85.8 cm³/mol. The summed E-state index contributed by atoms with van der Waals surface area (Å²) < 4.78 is 54.0. The van der Waals surface area contributed by atoms with Gasteiger partial charge in [-0.15, -0.1) is 0 Å². The van der Waals surface area contributed by atoms with Crippen LogP contribution < -0.4 is 4.72 Å². The average molecular weight is 360 g/mol. The summed E-state index contributed by atoms with van der Waals surface area (Å²) in [5.74, 6) is -1.82. The van der Waals surface area contributed by atoms with Crippen LogP contribution in [0.3, 0.4) is 0 Å². The number of halogens is 3. The van der Waals surface area contributed by atoms with Gasteiger partial charge in [0.2, 0.25) is 10.0 Å². The molecule has 0 aliphatic rings. The zero-order chi connectivity index (χ0) is 17.0. The minimum absolute atomic E-state index is 0.0418. The summed E-state index contributed by atoms with van der Waals surface area (Å²) in [5, 5.41) is -0.260. The van der Waals surface area contributed by atoms with E-state index in [0.717, 1.165) is 30.5 Å². The summed E-state index contributed by atoms with van der Waals surface area (Å²) in [6, 6.07) is 8.46. The van der Waals surface area contributed by atoms with Gasteiger partial charge in [-0.3, -0.25) is 0 Å². The van der Waals surface area contributed by atoms with Gasteiger partial charge in [-0.25, -0.2) is 21.9 Å². The molecule has 0 aliphatic heterocycles. The molecule has 0 aliphatic carbocycles. The fourth-order valence-electron chi connectivity index (χ4n) is 2.11. The molecule has 124 valence electrons. The molecule has 0 atom stereocenters. The van der Waals surface area contributed by atoms with E-state index in [2.05, 4.69) is 4.72 Å². The van der Waals surface area contributed by atoms with E-state index in [9.17, 15) is 17.2 Å². The lowest BCUT2D eigenvalue weighted by molar-refractivity contribution is 0.544. The van der Waals surface area contributed by atoms with Crippen molar-refractivity contribution in [2.24, 2.45) is 0 Å². The molecule has 3 nitrogen and oxygen atoms in total. The normalized spacial score (nSPS) is 11.7. The summed E-state index contributed by atoms with van der Waals surface area (Å²) in [6.07, 6.45) is 1.81. The van der Waals surface area contributed by atoms with Crippen LogP contribution in [0.1, 0.15) is 24.5 Å². The van der Waals surface area contributed by atoms with Crippen molar-refractivity contribution in [2.75, 3.05) is 0 Å². The molecule has 2 rings (SSSR count). The summed E-state index contributed by atoms with van der Waals surface area (Å²) >= 11 is 5.58. The topological polar surface area (TPSA) is 46.2 Å². The van der Waals surface area contributed by atoms with Gasteiger partial charge < -0.3 is 0 Å². The Bertz CT molecular complexity index is 792. The third-order valence-corrected chi connectivity index (χ3v) is 5.06. The fraction of sp³-hybridized carbons (Fsp3) is 0.250. The van der Waals surface area contributed by atoms with Gasteiger partial charge in [0.15, 0.2) is 0 Å². The second-order valence-corrected chi connectivity index (χ2v) is 7.21. The van der Waals surface area contributed by atoms with Crippen LogP contribution in [-0.2, 0) is 23.0 Å². The molecule has 0 saturated heterocycles. The Morgan fingerprint density at radius 2 is 1.74 bits per heavy atom. The molecule has 23 heavy (non-hydrogen) atoms. The molecular weight excluding hydrogens is 344 g/mol. The Balaban J connectivity index is 2.17. The van der Waals surface area contributed by atoms with E-state index in [1.807, 2.05) is 6.92 Å². The second-order valence-electron chi connectivity index (χ2n) is 5.04. The predicted octanol–water partition coefficient (Wildman–Crippen LogP) is 4.05. The van der Waals surface area contributed by atoms with Crippen LogP contribution in [0.15, 0.2) is 41.3 Å². The van der Waals surface area contributed by atoms with Crippen molar-refractivity contribution in [2.45, 2.75) is 31.2 Å². The number of hydrogen-bond acceptors (Lipinski definition) is 2. The number of aryl methyl sites for hydroxylation is 1.